The molecular weight excluding hydrogens is 301 g/mol. The van der Waals surface area contributed by atoms with Crippen LogP contribution in [0.2, 0.25) is 0 Å². The highest BCUT2D eigenvalue weighted by atomic mass is 19.1. The fourth-order valence-electron chi connectivity index (χ4n) is 2.66. The van der Waals surface area contributed by atoms with Crippen LogP contribution < -0.4 is 10.2 Å². The van der Waals surface area contributed by atoms with Crippen molar-refractivity contribution in [2.75, 3.05) is 17.3 Å². The van der Waals surface area contributed by atoms with Crippen LogP contribution >= 0.6 is 0 Å². The van der Waals surface area contributed by atoms with Crippen LogP contribution in [0.15, 0.2) is 35.8 Å². The summed E-state index contributed by atoms with van der Waals surface area (Å²) in [5.41, 5.74) is 1.19. The number of phenolic OH excluding ortho intramolecular Hbond substituents is 1. The van der Waals surface area contributed by atoms with E-state index in [1.807, 2.05) is 6.92 Å². The second-order valence-corrected chi connectivity index (χ2v) is 5.36. The van der Waals surface area contributed by atoms with E-state index in [1.54, 1.807) is 23.6 Å². The van der Waals surface area contributed by atoms with Crippen LogP contribution in [-0.2, 0) is 4.79 Å². The van der Waals surface area contributed by atoms with Gasteiger partial charge >= 0.3 is 0 Å². The number of aromatic nitrogens is 3. The zero-order chi connectivity index (χ0) is 16.7. The molecular formula is C15H16FN5O2. The summed E-state index contributed by atoms with van der Waals surface area (Å²) in [6, 6.07) is 3.24. The Morgan fingerprint density at radius 3 is 2.87 bits per heavy atom. The Hall–Kier alpha value is -2.90. The molecule has 1 atom stereocenters. The van der Waals surface area contributed by atoms with Crippen molar-refractivity contribution in [2.24, 2.45) is 0 Å². The fourth-order valence-corrected chi connectivity index (χ4v) is 2.66. The maximum absolute atomic E-state index is 13.8. The monoisotopic (exact) mass is 317 g/mol. The SMILES string of the molecule is CC1=C(C(=O)Nc2ccc(O)cc2F)C(C)n2ncnc2N1C. The molecule has 3 rings (SSSR count). The van der Waals surface area contributed by atoms with Gasteiger partial charge in [0, 0.05) is 18.8 Å². The van der Waals surface area contributed by atoms with Crippen molar-refractivity contribution in [2.45, 2.75) is 19.9 Å². The average Bonchev–Trinajstić information content (AvgIpc) is 2.98. The molecule has 120 valence electrons. The highest BCUT2D eigenvalue weighted by Crippen LogP contribution is 2.33. The summed E-state index contributed by atoms with van der Waals surface area (Å²) in [6.07, 6.45) is 1.43. The summed E-state index contributed by atoms with van der Waals surface area (Å²) in [4.78, 5) is 18.5. The maximum atomic E-state index is 13.8. The first-order valence-corrected chi connectivity index (χ1v) is 7.04. The Morgan fingerprint density at radius 2 is 2.17 bits per heavy atom. The Labute approximate surface area is 132 Å². The first kappa shape index (κ1) is 15.0. The summed E-state index contributed by atoms with van der Waals surface area (Å²) in [5, 5.41) is 15.9. The molecule has 0 spiro atoms. The molecule has 1 aromatic heterocycles. The van der Waals surface area contributed by atoms with Crippen LogP contribution in [0.5, 0.6) is 5.75 Å². The molecule has 8 heteroatoms. The molecule has 23 heavy (non-hydrogen) atoms. The number of hydrogen-bond donors (Lipinski definition) is 2. The molecule has 1 aliphatic rings. The third-order valence-electron chi connectivity index (χ3n) is 3.98. The first-order valence-electron chi connectivity index (χ1n) is 7.04. The number of carbonyl (C=O) groups excluding carboxylic acids is 1. The number of nitrogens with zero attached hydrogens (tertiary/aromatic N) is 4. The largest absolute Gasteiger partial charge is 0.508 e. The molecule has 0 saturated heterocycles. The molecule has 7 nitrogen and oxygen atoms in total. The van der Waals surface area contributed by atoms with Crippen molar-refractivity contribution in [3.05, 3.63) is 41.6 Å². The number of allylic oxidation sites excluding steroid dienone is 1. The van der Waals surface area contributed by atoms with E-state index in [9.17, 15) is 14.3 Å². The van der Waals surface area contributed by atoms with Gasteiger partial charge in [0.25, 0.3) is 5.91 Å². The maximum Gasteiger partial charge on any atom is 0.255 e. The van der Waals surface area contributed by atoms with Crippen molar-refractivity contribution >= 4 is 17.5 Å². The number of rotatable bonds is 2. The van der Waals surface area contributed by atoms with E-state index >= 15 is 0 Å². The lowest BCUT2D eigenvalue weighted by Crippen LogP contribution is -2.34. The summed E-state index contributed by atoms with van der Waals surface area (Å²) in [6.45, 7) is 3.63. The van der Waals surface area contributed by atoms with Gasteiger partial charge in [0.15, 0.2) is 0 Å². The number of aromatic hydroxyl groups is 1. The average molecular weight is 317 g/mol. The Balaban J connectivity index is 1.94. The van der Waals surface area contributed by atoms with Gasteiger partial charge in [-0.25, -0.2) is 9.07 Å². The summed E-state index contributed by atoms with van der Waals surface area (Å²) >= 11 is 0. The van der Waals surface area contributed by atoms with Crippen molar-refractivity contribution in [1.29, 1.82) is 0 Å². The molecule has 1 unspecified atom stereocenters. The van der Waals surface area contributed by atoms with E-state index in [-0.39, 0.29) is 17.5 Å². The molecule has 0 saturated carbocycles. The van der Waals surface area contributed by atoms with Crippen molar-refractivity contribution in [1.82, 2.24) is 14.8 Å². The zero-order valence-corrected chi connectivity index (χ0v) is 12.9. The highest BCUT2D eigenvalue weighted by Gasteiger charge is 2.32. The number of anilines is 2. The molecule has 0 bridgehead atoms. The van der Waals surface area contributed by atoms with E-state index in [2.05, 4.69) is 15.4 Å². The number of fused-ring (bicyclic) bond motifs is 1. The Morgan fingerprint density at radius 1 is 1.43 bits per heavy atom. The Bertz CT molecular complexity index is 814. The summed E-state index contributed by atoms with van der Waals surface area (Å²) in [7, 11) is 1.79. The molecule has 0 aliphatic carbocycles. The minimum absolute atomic E-state index is 0.00680. The zero-order valence-electron chi connectivity index (χ0n) is 12.9. The van der Waals surface area contributed by atoms with Gasteiger partial charge in [0.05, 0.1) is 17.3 Å². The van der Waals surface area contributed by atoms with Gasteiger partial charge < -0.3 is 15.3 Å². The predicted octanol–water partition coefficient (Wildman–Crippen LogP) is 2.05. The van der Waals surface area contributed by atoms with Gasteiger partial charge in [-0.15, -0.1) is 0 Å². The van der Waals surface area contributed by atoms with Crippen LogP contribution in [0.4, 0.5) is 16.0 Å². The first-order chi connectivity index (χ1) is 10.9. The third kappa shape index (κ3) is 2.41. The molecule has 2 N–H and O–H groups in total. The second-order valence-electron chi connectivity index (χ2n) is 5.36. The Kier molecular flexibility index (Phi) is 3.51. The number of phenols is 1. The van der Waals surface area contributed by atoms with E-state index in [1.165, 1.54) is 18.5 Å². The van der Waals surface area contributed by atoms with Crippen LogP contribution in [0.3, 0.4) is 0 Å². The van der Waals surface area contributed by atoms with Crippen molar-refractivity contribution < 1.29 is 14.3 Å². The fraction of sp³-hybridized carbons (Fsp3) is 0.267. The number of benzene rings is 1. The lowest BCUT2D eigenvalue weighted by molar-refractivity contribution is -0.113. The quantitative estimate of drug-likeness (QED) is 0.828. The van der Waals surface area contributed by atoms with E-state index in [0.717, 1.165) is 11.8 Å². The minimum atomic E-state index is -0.699. The van der Waals surface area contributed by atoms with E-state index in [4.69, 9.17) is 0 Å². The van der Waals surface area contributed by atoms with Gasteiger partial charge in [-0.05, 0) is 26.0 Å². The molecule has 0 radical (unpaired) electrons. The van der Waals surface area contributed by atoms with Gasteiger partial charge in [-0.1, -0.05) is 0 Å². The van der Waals surface area contributed by atoms with Gasteiger partial charge in [0.1, 0.15) is 17.9 Å². The minimum Gasteiger partial charge on any atom is -0.508 e. The van der Waals surface area contributed by atoms with Gasteiger partial charge in [-0.2, -0.15) is 10.1 Å². The van der Waals surface area contributed by atoms with Crippen LogP contribution in [0.25, 0.3) is 0 Å². The molecule has 1 aliphatic heterocycles. The smallest absolute Gasteiger partial charge is 0.255 e. The number of halogens is 1. The van der Waals surface area contributed by atoms with Crippen molar-refractivity contribution in [3.8, 4) is 5.75 Å². The number of hydrogen-bond acceptors (Lipinski definition) is 5. The molecule has 0 fully saturated rings. The van der Waals surface area contributed by atoms with Crippen molar-refractivity contribution in [3.63, 3.8) is 0 Å². The second kappa shape index (κ2) is 5.38. The third-order valence-corrected chi connectivity index (χ3v) is 3.98. The van der Waals surface area contributed by atoms with Gasteiger partial charge in [-0.3, -0.25) is 4.79 Å². The molecule has 1 aromatic carbocycles. The molecule has 2 heterocycles. The number of amides is 1. The normalized spacial score (nSPS) is 17.2. The van der Waals surface area contributed by atoms with Crippen LogP contribution in [-0.4, -0.2) is 32.8 Å². The lowest BCUT2D eigenvalue weighted by Gasteiger charge is -2.31. The topological polar surface area (TPSA) is 83.3 Å². The number of carbonyl (C=O) groups is 1. The van der Waals surface area contributed by atoms with E-state index < -0.39 is 11.7 Å². The molecule has 2 aromatic rings. The van der Waals surface area contributed by atoms with Gasteiger partial charge in [0.2, 0.25) is 5.95 Å². The van der Waals surface area contributed by atoms with E-state index in [0.29, 0.717) is 11.5 Å². The predicted molar refractivity (Wildman–Crippen MR) is 82.5 cm³/mol. The molecule has 1 amide bonds. The summed E-state index contributed by atoms with van der Waals surface area (Å²) in [5.74, 6) is -0.682. The highest BCUT2D eigenvalue weighted by molar-refractivity contribution is 6.05. The lowest BCUT2D eigenvalue weighted by atomic mass is 10.0. The number of nitrogens with one attached hydrogen (secondary N) is 1. The standard InChI is InChI=1S/C15H16FN5O2/c1-8-13(9(2)21-15(20(8)3)17-7-18-21)14(23)19-12-5-4-10(22)6-11(12)16/h4-7,9,22H,1-3H3,(H,19,23). The van der Waals surface area contributed by atoms with Crippen LogP contribution in [0, 0.1) is 5.82 Å². The van der Waals surface area contributed by atoms with Crippen LogP contribution in [0.1, 0.15) is 19.9 Å². The summed E-state index contributed by atoms with van der Waals surface area (Å²) < 4.78 is 15.4.